The Balaban J connectivity index is 1.66. The molecule has 1 aliphatic heterocycles. The molecule has 1 atom stereocenters. The van der Waals surface area contributed by atoms with Crippen LogP contribution in [0.4, 0.5) is 13.2 Å². The fourth-order valence-corrected chi connectivity index (χ4v) is 5.96. The molecule has 2 aromatic carbocycles. The van der Waals surface area contributed by atoms with Crippen molar-refractivity contribution in [2.45, 2.75) is 48.8 Å². The summed E-state index contributed by atoms with van der Waals surface area (Å²) in [5, 5.41) is 2.81. The Morgan fingerprint density at radius 2 is 1.57 bits per heavy atom. The maximum absolute atomic E-state index is 13.8. The number of nitrogens with two attached hydrogens (primary N) is 1. The summed E-state index contributed by atoms with van der Waals surface area (Å²) < 4.78 is 68.1. The van der Waals surface area contributed by atoms with E-state index in [2.05, 4.69) is 5.32 Å². The Bertz CT molecular complexity index is 1220. The number of carbonyl (C=O) groups excluding carboxylic acids is 2. The first kappa shape index (κ1) is 25.1. The van der Waals surface area contributed by atoms with Gasteiger partial charge in [-0.25, -0.2) is 21.6 Å². The van der Waals surface area contributed by atoms with E-state index in [9.17, 15) is 31.2 Å². The topological polar surface area (TPSA) is 113 Å². The molecule has 8 nitrogen and oxygen atoms in total. The molecule has 1 aliphatic carbocycles. The number of benzene rings is 2. The van der Waals surface area contributed by atoms with E-state index < -0.39 is 45.5 Å². The first-order valence-electron chi connectivity index (χ1n) is 11.2. The largest absolute Gasteiger partial charge is 0.350 e. The van der Waals surface area contributed by atoms with Crippen LogP contribution in [0.2, 0.25) is 0 Å². The monoisotopic (exact) mass is 510 g/mol. The van der Waals surface area contributed by atoms with Gasteiger partial charge in [0.1, 0.15) is 5.82 Å². The minimum absolute atomic E-state index is 0.0245. The van der Waals surface area contributed by atoms with E-state index >= 15 is 0 Å². The zero-order chi connectivity index (χ0) is 25.3. The summed E-state index contributed by atoms with van der Waals surface area (Å²) in [7, 11) is -4.30. The number of nitrogens with zero attached hydrogens (tertiary/aromatic N) is 2. The van der Waals surface area contributed by atoms with Gasteiger partial charge in [-0.1, -0.05) is 0 Å². The van der Waals surface area contributed by atoms with Crippen molar-refractivity contribution in [1.82, 2.24) is 14.5 Å². The lowest BCUT2D eigenvalue weighted by atomic mass is 9.92. The molecule has 1 heterocycles. The van der Waals surface area contributed by atoms with Gasteiger partial charge in [0.15, 0.2) is 17.8 Å². The van der Waals surface area contributed by atoms with Crippen molar-refractivity contribution in [3.8, 4) is 0 Å². The van der Waals surface area contributed by atoms with Crippen molar-refractivity contribution in [2.24, 2.45) is 5.73 Å². The summed E-state index contributed by atoms with van der Waals surface area (Å²) >= 11 is 0. The van der Waals surface area contributed by atoms with Crippen LogP contribution < -0.4 is 11.1 Å². The van der Waals surface area contributed by atoms with Crippen molar-refractivity contribution in [1.29, 1.82) is 0 Å². The number of rotatable bonds is 5. The number of hydrogen-bond acceptors (Lipinski definition) is 5. The van der Waals surface area contributed by atoms with Gasteiger partial charge < -0.3 is 16.0 Å². The highest BCUT2D eigenvalue weighted by Gasteiger charge is 2.47. The maximum atomic E-state index is 13.8. The number of amides is 2. The van der Waals surface area contributed by atoms with Gasteiger partial charge in [-0.3, -0.25) is 9.59 Å². The van der Waals surface area contributed by atoms with Crippen molar-refractivity contribution in [3.05, 3.63) is 65.5 Å². The second kappa shape index (κ2) is 9.96. The molecule has 1 saturated heterocycles. The quantitative estimate of drug-likeness (QED) is 0.639. The zero-order valence-corrected chi connectivity index (χ0v) is 19.5. The van der Waals surface area contributed by atoms with E-state index in [1.54, 1.807) is 0 Å². The van der Waals surface area contributed by atoms with E-state index in [4.69, 9.17) is 5.73 Å². The fraction of sp³-hybridized carbons (Fsp3) is 0.391. The van der Waals surface area contributed by atoms with Crippen LogP contribution in [0.1, 0.15) is 36.0 Å². The standard InChI is InChI=1S/C23H25F3N4O4S/c24-15-2-8-18(9-3-15)35(33,34)30-12-11-29(23(32)14-1-10-19(25)20(26)13-14)22(30)21(31)28-17-6-4-16(27)5-7-17/h1-3,8-10,13,16-17,22H,4-7,11-12,27H2,(H,28,31). The second-order valence-electron chi connectivity index (χ2n) is 8.69. The van der Waals surface area contributed by atoms with E-state index in [0.29, 0.717) is 31.7 Å². The van der Waals surface area contributed by atoms with Crippen LogP contribution in [0.25, 0.3) is 0 Å². The molecule has 2 fully saturated rings. The lowest BCUT2D eigenvalue weighted by Crippen LogP contribution is -2.56. The molecule has 2 aromatic rings. The average molecular weight is 511 g/mol. The molecule has 188 valence electrons. The lowest BCUT2D eigenvalue weighted by molar-refractivity contribution is -0.128. The molecule has 12 heteroatoms. The number of nitrogens with one attached hydrogen (secondary N) is 1. The number of halogens is 3. The highest BCUT2D eigenvalue weighted by molar-refractivity contribution is 7.89. The lowest BCUT2D eigenvalue weighted by Gasteiger charge is -2.32. The first-order chi connectivity index (χ1) is 16.6. The summed E-state index contributed by atoms with van der Waals surface area (Å²) in [6.45, 7) is -0.380. The number of carbonyl (C=O) groups is 2. The third-order valence-electron chi connectivity index (χ3n) is 6.33. The van der Waals surface area contributed by atoms with Gasteiger partial charge in [-0.2, -0.15) is 4.31 Å². The molecule has 2 aliphatic rings. The molecule has 1 unspecified atom stereocenters. The predicted octanol–water partition coefficient (Wildman–Crippen LogP) is 1.96. The van der Waals surface area contributed by atoms with E-state index in [-0.39, 0.29) is 35.6 Å². The minimum Gasteiger partial charge on any atom is -0.350 e. The van der Waals surface area contributed by atoms with E-state index in [1.807, 2.05) is 0 Å². The third-order valence-corrected chi connectivity index (χ3v) is 8.20. The van der Waals surface area contributed by atoms with Crippen LogP contribution in [0.5, 0.6) is 0 Å². The summed E-state index contributed by atoms with van der Waals surface area (Å²) in [5.74, 6) is -4.57. The van der Waals surface area contributed by atoms with Crippen molar-refractivity contribution in [3.63, 3.8) is 0 Å². The third kappa shape index (κ3) is 5.19. The number of sulfonamides is 1. The SMILES string of the molecule is NC1CCC(NC(=O)C2N(C(=O)c3ccc(F)c(F)c3)CCN2S(=O)(=O)c2ccc(F)cc2)CC1. The van der Waals surface area contributed by atoms with Crippen LogP contribution in [-0.2, 0) is 14.8 Å². The van der Waals surface area contributed by atoms with Gasteiger partial charge in [0.05, 0.1) is 4.90 Å². The smallest absolute Gasteiger partial charge is 0.259 e. The predicted molar refractivity (Wildman–Crippen MR) is 120 cm³/mol. The van der Waals surface area contributed by atoms with Gasteiger partial charge in [0.25, 0.3) is 11.8 Å². The van der Waals surface area contributed by atoms with Crippen LogP contribution in [0.3, 0.4) is 0 Å². The average Bonchev–Trinajstić information content (AvgIpc) is 3.28. The first-order valence-corrected chi connectivity index (χ1v) is 12.6. The van der Waals surface area contributed by atoms with Gasteiger partial charge in [-0.05, 0) is 68.1 Å². The molecule has 2 amide bonds. The van der Waals surface area contributed by atoms with E-state index in [0.717, 1.165) is 45.6 Å². The van der Waals surface area contributed by atoms with Gasteiger partial charge in [0.2, 0.25) is 10.0 Å². The van der Waals surface area contributed by atoms with Crippen LogP contribution >= 0.6 is 0 Å². The molecule has 1 saturated carbocycles. The van der Waals surface area contributed by atoms with Crippen LogP contribution in [0, 0.1) is 17.5 Å². The molecule has 3 N–H and O–H groups in total. The molecular formula is C23H25F3N4O4S. The van der Waals surface area contributed by atoms with Gasteiger partial charge in [0, 0.05) is 30.7 Å². The maximum Gasteiger partial charge on any atom is 0.259 e. The zero-order valence-electron chi connectivity index (χ0n) is 18.7. The summed E-state index contributed by atoms with van der Waals surface area (Å²) in [5.41, 5.74) is 5.69. The summed E-state index contributed by atoms with van der Waals surface area (Å²) in [6.07, 6.45) is 1.000. The summed E-state index contributed by atoms with van der Waals surface area (Å²) in [6, 6.07) is 6.42. The molecule has 0 spiro atoms. The second-order valence-corrected chi connectivity index (χ2v) is 10.6. The molecule has 4 rings (SSSR count). The highest BCUT2D eigenvalue weighted by atomic mass is 32.2. The Hall–Kier alpha value is -2.96. The number of hydrogen-bond donors (Lipinski definition) is 2. The van der Waals surface area contributed by atoms with Gasteiger partial charge >= 0.3 is 0 Å². The highest BCUT2D eigenvalue weighted by Crippen LogP contribution is 2.27. The summed E-state index contributed by atoms with van der Waals surface area (Å²) in [4.78, 5) is 27.3. The Kier molecular flexibility index (Phi) is 7.15. The Morgan fingerprint density at radius 1 is 0.914 bits per heavy atom. The minimum atomic E-state index is -4.30. The van der Waals surface area contributed by atoms with Crippen molar-refractivity contribution < 1.29 is 31.2 Å². The van der Waals surface area contributed by atoms with Crippen LogP contribution in [-0.4, -0.2) is 60.8 Å². The molecule has 0 radical (unpaired) electrons. The molecular weight excluding hydrogens is 485 g/mol. The van der Waals surface area contributed by atoms with E-state index in [1.165, 1.54) is 0 Å². The fourth-order valence-electron chi connectivity index (χ4n) is 4.42. The van der Waals surface area contributed by atoms with Gasteiger partial charge in [-0.15, -0.1) is 0 Å². The Morgan fingerprint density at radius 3 is 2.20 bits per heavy atom. The van der Waals surface area contributed by atoms with Crippen LogP contribution in [0.15, 0.2) is 47.4 Å². The molecule has 35 heavy (non-hydrogen) atoms. The molecule has 0 aromatic heterocycles. The Labute approximate surface area is 200 Å². The van der Waals surface area contributed by atoms with Crippen molar-refractivity contribution in [2.75, 3.05) is 13.1 Å². The molecule has 0 bridgehead atoms. The normalized spacial score (nSPS) is 23.3. The van der Waals surface area contributed by atoms with Crippen molar-refractivity contribution >= 4 is 21.8 Å².